The summed E-state index contributed by atoms with van der Waals surface area (Å²) in [6.07, 6.45) is 0.231. The third-order valence-corrected chi connectivity index (χ3v) is 5.30. The van der Waals surface area contributed by atoms with Crippen LogP contribution in [0.3, 0.4) is 0 Å². The van der Waals surface area contributed by atoms with Crippen LogP contribution in [-0.2, 0) is 19.6 Å². The number of rotatable bonds is 4. The number of aliphatic hydroxyl groups excluding tert-OH is 1. The van der Waals surface area contributed by atoms with Crippen LogP contribution in [0.2, 0.25) is 0 Å². The van der Waals surface area contributed by atoms with Gasteiger partial charge in [-0.3, -0.25) is 9.10 Å². The topological polar surface area (TPSA) is 83.9 Å². The van der Waals surface area contributed by atoms with E-state index in [1.54, 1.807) is 24.3 Å². The van der Waals surface area contributed by atoms with E-state index in [2.05, 4.69) is 4.74 Å². The van der Waals surface area contributed by atoms with Crippen LogP contribution in [0.4, 0.5) is 5.69 Å². The minimum Gasteiger partial charge on any atom is -0.469 e. The van der Waals surface area contributed by atoms with Crippen LogP contribution in [0.15, 0.2) is 24.3 Å². The van der Waals surface area contributed by atoms with Crippen molar-refractivity contribution < 1.29 is 23.1 Å². The number of fused-ring (bicyclic) bond motifs is 1. The second kappa shape index (κ2) is 6.44. The second-order valence-electron chi connectivity index (χ2n) is 4.93. The highest BCUT2D eigenvalue weighted by Crippen LogP contribution is 2.34. The molecule has 2 rings (SSSR count). The number of para-hydroxylation sites is 1. The molecule has 1 aliphatic heterocycles. The lowest BCUT2D eigenvalue weighted by molar-refractivity contribution is -0.140. The van der Waals surface area contributed by atoms with E-state index in [1.165, 1.54) is 11.4 Å². The fourth-order valence-corrected chi connectivity index (χ4v) is 3.93. The molecule has 1 N–H and O–H groups in total. The monoisotopic (exact) mass is 313 g/mol. The minimum absolute atomic E-state index is 0.181. The quantitative estimate of drug-likeness (QED) is 0.845. The zero-order valence-electron chi connectivity index (χ0n) is 11.9. The van der Waals surface area contributed by atoms with E-state index in [1.807, 2.05) is 0 Å². The number of carbonyl (C=O) groups excluding carboxylic acids is 1. The number of benzene rings is 1. The smallest absolute Gasteiger partial charge is 0.306 e. The molecule has 1 aromatic carbocycles. The SMILES string of the molecule is COC(=O)CCS(=O)(=O)N1CCCC(O)c2ccccc21. The van der Waals surface area contributed by atoms with E-state index < -0.39 is 22.1 Å². The van der Waals surface area contributed by atoms with Gasteiger partial charge in [-0.25, -0.2) is 8.42 Å². The molecule has 0 amide bonds. The number of esters is 1. The molecule has 21 heavy (non-hydrogen) atoms. The lowest BCUT2D eigenvalue weighted by atomic mass is 10.1. The molecular formula is C14H19NO5S. The Hall–Kier alpha value is -1.60. The predicted octanol–water partition coefficient (Wildman–Crippen LogP) is 1.21. The highest BCUT2D eigenvalue weighted by atomic mass is 32.2. The average Bonchev–Trinajstić information content (AvgIpc) is 2.65. The molecule has 0 saturated heterocycles. The fourth-order valence-electron chi connectivity index (χ4n) is 2.41. The third kappa shape index (κ3) is 3.54. The van der Waals surface area contributed by atoms with Crippen molar-refractivity contribution in [1.29, 1.82) is 0 Å². The van der Waals surface area contributed by atoms with Crippen molar-refractivity contribution in [2.45, 2.75) is 25.4 Å². The molecule has 0 spiro atoms. The van der Waals surface area contributed by atoms with Gasteiger partial charge in [-0.05, 0) is 18.9 Å². The van der Waals surface area contributed by atoms with Gasteiger partial charge in [-0.15, -0.1) is 0 Å². The van der Waals surface area contributed by atoms with Gasteiger partial charge < -0.3 is 9.84 Å². The summed E-state index contributed by atoms with van der Waals surface area (Å²) in [4.78, 5) is 11.2. The Kier molecular flexibility index (Phi) is 4.84. The van der Waals surface area contributed by atoms with E-state index in [0.29, 0.717) is 30.6 Å². The first-order chi connectivity index (χ1) is 9.95. The van der Waals surface area contributed by atoms with Crippen molar-refractivity contribution in [2.24, 2.45) is 0 Å². The van der Waals surface area contributed by atoms with E-state index in [0.717, 1.165) is 0 Å². The molecule has 1 atom stereocenters. The average molecular weight is 313 g/mol. The number of aliphatic hydroxyl groups is 1. The molecule has 116 valence electrons. The Labute approximate surface area is 124 Å². The van der Waals surface area contributed by atoms with Gasteiger partial charge in [0.15, 0.2) is 0 Å². The molecule has 6 nitrogen and oxygen atoms in total. The summed E-state index contributed by atoms with van der Waals surface area (Å²) < 4.78 is 30.7. The maximum atomic E-state index is 12.5. The zero-order chi connectivity index (χ0) is 15.5. The normalized spacial score (nSPS) is 18.8. The first kappa shape index (κ1) is 15.8. The van der Waals surface area contributed by atoms with Crippen LogP contribution >= 0.6 is 0 Å². The van der Waals surface area contributed by atoms with Gasteiger partial charge in [0, 0.05) is 12.1 Å². The molecule has 1 aliphatic rings. The van der Waals surface area contributed by atoms with Crippen LogP contribution in [0.1, 0.15) is 30.9 Å². The van der Waals surface area contributed by atoms with E-state index in [4.69, 9.17) is 0 Å². The van der Waals surface area contributed by atoms with Gasteiger partial charge in [0.05, 0.1) is 31.1 Å². The summed E-state index contributed by atoms with van der Waals surface area (Å²) in [5.74, 6) is -0.855. The number of carbonyl (C=O) groups is 1. The lowest BCUT2D eigenvalue weighted by Gasteiger charge is -2.24. The Morgan fingerprint density at radius 2 is 2.14 bits per heavy atom. The van der Waals surface area contributed by atoms with Gasteiger partial charge in [-0.1, -0.05) is 18.2 Å². The Morgan fingerprint density at radius 1 is 1.43 bits per heavy atom. The molecule has 0 fully saturated rings. The zero-order valence-corrected chi connectivity index (χ0v) is 12.7. The van der Waals surface area contributed by atoms with E-state index >= 15 is 0 Å². The van der Waals surface area contributed by atoms with Crippen molar-refractivity contribution in [2.75, 3.05) is 23.7 Å². The Bertz CT molecular complexity index is 614. The number of methoxy groups -OCH3 is 1. The van der Waals surface area contributed by atoms with Crippen molar-refractivity contribution in [3.8, 4) is 0 Å². The summed E-state index contributed by atoms with van der Waals surface area (Å²) in [5, 5.41) is 10.1. The lowest BCUT2D eigenvalue weighted by Crippen LogP contribution is -2.34. The van der Waals surface area contributed by atoms with E-state index in [9.17, 15) is 18.3 Å². The van der Waals surface area contributed by atoms with Crippen molar-refractivity contribution in [3.05, 3.63) is 29.8 Å². The highest BCUT2D eigenvalue weighted by Gasteiger charge is 2.29. The van der Waals surface area contributed by atoms with Crippen molar-refractivity contribution >= 4 is 21.7 Å². The van der Waals surface area contributed by atoms with Gasteiger partial charge in [-0.2, -0.15) is 0 Å². The Balaban J connectivity index is 2.30. The van der Waals surface area contributed by atoms with E-state index in [-0.39, 0.29) is 12.2 Å². The number of anilines is 1. The summed E-state index contributed by atoms with van der Waals surface area (Å²) in [6.45, 7) is 0.303. The predicted molar refractivity (Wildman–Crippen MR) is 78.4 cm³/mol. The molecular weight excluding hydrogens is 294 g/mol. The molecule has 1 unspecified atom stereocenters. The first-order valence-electron chi connectivity index (χ1n) is 6.80. The number of hydrogen-bond donors (Lipinski definition) is 1. The van der Waals surface area contributed by atoms with Crippen molar-refractivity contribution in [3.63, 3.8) is 0 Å². The van der Waals surface area contributed by atoms with Gasteiger partial charge in [0.25, 0.3) is 0 Å². The summed E-state index contributed by atoms with van der Waals surface area (Å²) >= 11 is 0. The van der Waals surface area contributed by atoms with Crippen LogP contribution in [0.25, 0.3) is 0 Å². The third-order valence-electron chi connectivity index (χ3n) is 3.53. The molecule has 1 aromatic rings. The second-order valence-corrected chi connectivity index (χ2v) is 6.94. The van der Waals surface area contributed by atoms with Gasteiger partial charge in [0.1, 0.15) is 0 Å². The van der Waals surface area contributed by atoms with Crippen LogP contribution in [-0.4, -0.2) is 38.9 Å². The maximum absolute atomic E-state index is 12.5. The molecule has 0 aromatic heterocycles. The summed E-state index contributed by atoms with van der Waals surface area (Å²) in [5.41, 5.74) is 1.10. The summed E-state index contributed by atoms with van der Waals surface area (Å²) in [7, 11) is -2.40. The maximum Gasteiger partial charge on any atom is 0.306 e. The molecule has 1 heterocycles. The summed E-state index contributed by atoms with van der Waals surface area (Å²) in [6, 6.07) is 6.92. The Morgan fingerprint density at radius 3 is 2.86 bits per heavy atom. The number of ether oxygens (including phenoxy) is 1. The van der Waals surface area contributed by atoms with Crippen LogP contribution in [0.5, 0.6) is 0 Å². The van der Waals surface area contributed by atoms with Crippen LogP contribution < -0.4 is 4.31 Å². The number of hydrogen-bond acceptors (Lipinski definition) is 5. The van der Waals surface area contributed by atoms with Gasteiger partial charge >= 0.3 is 5.97 Å². The standard InChI is InChI=1S/C14H19NO5S/c1-20-14(17)8-10-21(18,19)15-9-4-7-13(16)11-5-2-3-6-12(11)15/h2-3,5-6,13,16H,4,7-10H2,1H3. The molecule has 0 aliphatic carbocycles. The molecule has 7 heteroatoms. The van der Waals surface area contributed by atoms with Crippen LogP contribution in [0, 0.1) is 0 Å². The number of sulfonamides is 1. The number of nitrogens with zero attached hydrogens (tertiary/aromatic N) is 1. The molecule has 0 bridgehead atoms. The minimum atomic E-state index is -3.63. The highest BCUT2D eigenvalue weighted by molar-refractivity contribution is 7.92. The van der Waals surface area contributed by atoms with Crippen molar-refractivity contribution in [1.82, 2.24) is 0 Å². The first-order valence-corrected chi connectivity index (χ1v) is 8.41. The largest absolute Gasteiger partial charge is 0.469 e. The molecule has 0 saturated carbocycles. The van der Waals surface area contributed by atoms with Gasteiger partial charge in [0.2, 0.25) is 10.0 Å². The molecule has 0 radical (unpaired) electrons. The fraction of sp³-hybridized carbons (Fsp3) is 0.500.